The van der Waals surface area contributed by atoms with Crippen molar-refractivity contribution in [1.29, 1.82) is 0 Å². The number of unbranched alkanes of at least 4 members (excludes halogenated alkanes) is 9. The molecule has 2 aromatic rings. The molecule has 0 saturated carbocycles. The summed E-state index contributed by atoms with van der Waals surface area (Å²) in [6.45, 7) is 5.38. The lowest BCUT2D eigenvalue weighted by Gasteiger charge is -2.47. The number of hydrogen-bond donors (Lipinski definition) is 1. The number of amides is 1. The second kappa shape index (κ2) is 21.2. The number of carbonyl (C=O) groups excluding carboxylic acids is 3. The predicted molar refractivity (Wildman–Crippen MR) is 213 cm³/mol. The van der Waals surface area contributed by atoms with E-state index < -0.39 is 23.8 Å². The molecule has 3 aliphatic rings. The number of benzene rings is 2. The average Bonchev–Trinajstić information content (AvgIpc) is 3.72. The Morgan fingerprint density at radius 2 is 1.36 bits per heavy atom. The van der Waals surface area contributed by atoms with Crippen LogP contribution in [0.15, 0.2) is 60.7 Å². The van der Waals surface area contributed by atoms with E-state index in [9.17, 15) is 14.4 Å². The normalized spacial score (nSPS) is 20.9. The van der Waals surface area contributed by atoms with Crippen LogP contribution in [0.3, 0.4) is 0 Å². The Morgan fingerprint density at radius 1 is 0.811 bits per heavy atom. The van der Waals surface area contributed by atoms with Gasteiger partial charge in [0.05, 0.1) is 25.2 Å². The first-order chi connectivity index (χ1) is 25.9. The van der Waals surface area contributed by atoms with Gasteiger partial charge in [-0.25, -0.2) is 9.59 Å². The standard InChI is InChI=1S/C44H64N2O6S/c1-3-4-5-6-7-8-9-10-11-18-29-45-41(47)28-27-39(34-53-2)51-43(49)52-44(35-21-14-12-15-22-35,36-23-16-13-17-24-36)42(48)50-40-32-37-25-26-38(33-40)46(37)30-19-20-31-46/h12-17,21-24,37-40H,3-11,18-20,25-34H2,1-2H3/p+1/t37?,38?,39-,40?/m0/s1. The van der Waals surface area contributed by atoms with E-state index in [0.29, 0.717) is 41.9 Å². The highest BCUT2D eigenvalue weighted by Crippen LogP contribution is 2.47. The molecule has 3 aliphatic heterocycles. The van der Waals surface area contributed by atoms with E-state index in [0.717, 1.165) is 25.7 Å². The molecule has 0 radical (unpaired) electrons. The summed E-state index contributed by atoms with van der Waals surface area (Å²) in [6, 6.07) is 19.3. The van der Waals surface area contributed by atoms with Crippen molar-refractivity contribution in [3.8, 4) is 0 Å². The van der Waals surface area contributed by atoms with Crippen LogP contribution in [-0.2, 0) is 29.4 Å². The highest BCUT2D eigenvalue weighted by molar-refractivity contribution is 7.98. The Balaban J connectivity index is 1.18. The summed E-state index contributed by atoms with van der Waals surface area (Å²) < 4.78 is 19.8. The number of esters is 1. The molecular weight excluding hydrogens is 685 g/mol. The summed E-state index contributed by atoms with van der Waals surface area (Å²) in [4.78, 5) is 41.3. The molecular formula is C44H65N2O6S+. The molecule has 292 valence electrons. The minimum Gasteiger partial charge on any atom is -0.458 e. The van der Waals surface area contributed by atoms with Crippen LogP contribution in [0.5, 0.6) is 0 Å². The number of carbonyl (C=O) groups is 3. The Labute approximate surface area is 323 Å². The number of nitrogens with zero attached hydrogens (tertiary/aromatic N) is 1. The molecule has 3 atom stereocenters. The summed E-state index contributed by atoms with van der Waals surface area (Å²) in [5, 5.41) is 3.04. The van der Waals surface area contributed by atoms with Crippen LogP contribution in [-0.4, -0.2) is 78.4 Å². The summed E-state index contributed by atoms with van der Waals surface area (Å²) >= 11 is 1.54. The third kappa shape index (κ3) is 11.0. The SMILES string of the molecule is CCCCCCCCCCCCNC(=O)CC[C@@H](CSC)OC(=O)OC(C(=O)OC1CC2CCC(C1)[N+]21CCCC1)(c1ccccc1)c1ccccc1. The monoisotopic (exact) mass is 749 g/mol. The lowest BCUT2D eigenvalue weighted by Crippen LogP contribution is -2.60. The van der Waals surface area contributed by atoms with Gasteiger partial charge in [-0.2, -0.15) is 11.8 Å². The lowest BCUT2D eigenvalue weighted by molar-refractivity contribution is -0.956. The third-order valence-corrected chi connectivity index (χ3v) is 12.8. The quantitative estimate of drug-likeness (QED) is 0.0729. The number of nitrogens with one attached hydrogen (secondary N) is 1. The first-order valence-electron chi connectivity index (χ1n) is 20.7. The Hall–Kier alpha value is -3.04. The molecule has 2 bridgehead atoms. The van der Waals surface area contributed by atoms with Crippen LogP contribution >= 0.6 is 11.8 Å². The molecule has 0 aromatic heterocycles. The van der Waals surface area contributed by atoms with Gasteiger partial charge in [0.2, 0.25) is 5.91 Å². The number of ether oxygens (including phenoxy) is 3. The van der Waals surface area contributed by atoms with Crippen LogP contribution < -0.4 is 5.32 Å². The van der Waals surface area contributed by atoms with Crippen molar-refractivity contribution in [2.75, 3.05) is 31.6 Å². The third-order valence-electron chi connectivity index (χ3n) is 12.1. The number of piperidine rings is 1. The molecule has 0 aliphatic carbocycles. The molecule has 2 aromatic carbocycles. The van der Waals surface area contributed by atoms with E-state index in [1.165, 1.54) is 106 Å². The van der Waals surface area contributed by atoms with Gasteiger partial charge in [-0.1, -0.05) is 125 Å². The maximum atomic E-state index is 14.7. The number of rotatable bonds is 22. The van der Waals surface area contributed by atoms with Crippen molar-refractivity contribution in [3.63, 3.8) is 0 Å². The van der Waals surface area contributed by atoms with Crippen LogP contribution in [0.1, 0.15) is 134 Å². The lowest BCUT2D eigenvalue weighted by atomic mass is 9.85. The minimum absolute atomic E-state index is 0.0463. The molecule has 3 fully saturated rings. The van der Waals surface area contributed by atoms with Gasteiger partial charge in [0, 0.05) is 68.4 Å². The Kier molecular flexibility index (Phi) is 16.4. The molecule has 3 saturated heterocycles. The van der Waals surface area contributed by atoms with Gasteiger partial charge >= 0.3 is 12.1 Å². The topological polar surface area (TPSA) is 90.9 Å². The summed E-state index contributed by atoms with van der Waals surface area (Å²) in [5.41, 5.74) is -0.850. The summed E-state index contributed by atoms with van der Waals surface area (Å²) in [5.74, 6) is -0.145. The van der Waals surface area contributed by atoms with Gasteiger partial charge in [-0.3, -0.25) is 4.79 Å². The zero-order valence-electron chi connectivity index (χ0n) is 32.4. The van der Waals surface area contributed by atoms with Crippen molar-refractivity contribution < 1.29 is 33.1 Å². The highest BCUT2D eigenvalue weighted by atomic mass is 32.2. The van der Waals surface area contributed by atoms with Crippen LogP contribution in [0, 0.1) is 0 Å². The Bertz CT molecular complexity index is 1350. The molecule has 1 amide bonds. The van der Waals surface area contributed by atoms with Gasteiger partial charge < -0.3 is 24.0 Å². The highest BCUT2D eigenvalue weighted by Gasteiger charge is 2.57. The molecule has 3 heterocycles. The first kappa shape index (κ1) is 41.1. The maximum absolute atomic E-state index is 14.7. The fourth-order valence-electron chi connectivity index (χ4n) is 9.32. The van der Waals surface area contributed by atoms with E-state index in [4.69, 9.17) is 14.2 Å². The van der Waals surface area contributed by atoms with Crippen molar-refractivity contribution in [1.82, 2.24) is 5.32 Å². The average molecular weight is 750 g/mol. The number of thioether (sulfide) groups is 1. The smallest absolute Gasteiger partial charge is 0.458 e. The minimum atomic E-state index is -1.85. The largest absolute Gasteiger partial charge is 0.510 e. The summed E-state index contributed by atoms with van der Waals surface area (Å²) in [7, 11) is 0. The van der Waals surface area contributed by atoms with Gasteiger partial charge in [-0.05, 0) is 19.1 Å². The van der Waals surface area contributed by atoms with E-state index in [-0.39, 0.29) is 18.4 Å². The maximum Gasteiger partial charge on any atom is 0.510 e. The molecule has 1 N–H and O–H groups in total. The zero-order chi connectivity index (χ0) is 37.4. The number of quaternary nitrogens is 1. The van der Waals surface area contributed by atoms with Crippen molar-refractivity contribution in [2.45, 2.75) is 152 Å². The van der Waals surface area contributed by atoms with Gasteiger partial charge in [0.15, 0.2) is 0 Å². The first-order valence-corrected chi connectivity index (χ1v) is 22.1. The molecule has 53 heavy (non-hydrogen) atoms. The van der Waals surface area contributed by atoms with Crippen molar-refractivity contribution in [2.24, 2.45) is 0 Å². The van der Waals surface area contributed by atoms with Gasteiger partial charge in [0.25, 0.3) is 5.60 Å². The second-order valence-electron chi connectivity index (χ2n) is 15.7. The summed E-state index contributed by atoms with van der Waals surface area (Å²) in [6.07, 6.45) is 19.9. The molecule has 1 spiro atoms. The molecule has 9 heteroatoms. The van der Waals surface area contributed by atoms with Crippen molar-refractivity contribution in [3.05, 3.63) is 71.8 Å². The van der Waals surface area contributed by atoms with Gasteiger partial charge in [0.1, 0.15) is 12.2 Å². The van der Waals surface area contributed by atoms with Crippen LogP contribution in [0.25, 0.3) is 0 Å². The molecule has 8 nitrogen and oxygen atoms in total. The van der Waals surface area contributed by atoms with Crippen LogP contribution in [0.2, 0.25) is 0 Å². The Morgan fingerprint density at radius 3 is 1.91 bits per heavy atom. The second-order valence-corrected chi connectivity index (χ2v) is 16.6. The van der Waals surface area contributed by atoms with Crippen molar-refractivity contribution >= 4 is 29.8 Å². The van der Waals surface area contributed by atoms with E-state index >= 15 is 0 Å². The fraction of sp³-hybridized carbons (Fsp3) is 0.659. The number of hydrogen-bond acceptors (Lipinski definition) is 7. The van der Waals surface area contributed by atoms with E-state index in [2.05, 4.69) is 12.2 Å². The van der Waals surface area contributed by atoms with E-state index in [1.54, 1.807) is 24.3 Å². The van der Waals surface area contributed by atoms with E-state index in [1.807, 2.05) is 42.7 Å². The molecule has 2 unspecified atom stereocenters. The molecule has 5 rings (SSSR count). The zero-order valence-corrected chi connectivity index (χ0v) is 33.3. The predicted octanol–water partition coefficient (Wildman–Crippen LogP) is 9.48. The van der Waals surface area contributed by atoms with Crippen LogP contribution in [0.4, 0.5) is 4.79 Å². The van der Waals surface area contributed by atoms with Gasteiger partial charge in [-0.15, -0.1) is 0 Å². The fourth-order valence-corrected chi connectivity index (χ4v) is 9.92.